The first-order chi connectivity index (χ1) is 16.9. The van der Waals surface area contributed by atoms with Crippen LogP contribution >= 0.6 is 12.4 Å². The van der Waals surface area contributed by atoms with Gasteiger partial charge in [-0.1, -0.05) is 24.3 Å². The van der Waals surface area contributed by atoms with Crippen LogP contribution in [-0.2, 0) is 28.6 Å². The zero-order chi connectivity index (χ0) is 27.0. The molecule has 37 heavy (non-hydrogen) atoms. The van der Waals surface area contributed by atoms with Gasteiger partial charge >= 0.3 is 17.9 Å². The van der Waals surface area contributed by atoms with E-state index in [1.165, 1.54) is 6.08 Å². The molecule has 1 aliphatic rings. The monoisotopic (exact) mass is 534 g/mol. The molecular formula is C28H39ClN2O6. The number of carbonyl (C=O) groups excluding carboxylic acids is 3. The third-order valence-corrected chi connectivity index (χ3v) is 5.22. The Morgan fingerprint density at radius 1 is 1.00 bits per heavy atom. The fourth-order valence-corrected chi connectivity index (χ4v) is 4.00. The number of carbonyl (C=O) groups is 3. The van der Waals surface area contributed by atoms with Crippen molar-refractivity contribution in [2.24, 2.45) is 0 Å². The van der Waals surface area contributed by atoms with Crippen molar-refractivity contribution in [1.82, 2.24) is 10.2 Å². The quantitative estimate of drug-likeness (QED) is 0.283. The van der Waals surface area contributed by atoms with E-state index in [4.69, 9.17) is 14.2 Å². The second-order valence-corrected chi connectivity index (χ2v) is 9.66. The van der Waals surface area contributed by atoms with Crippen molar-refractivity contribution < 1.29 is 28.6 Å². The average molecular weight is 535 g/mol. The molecule has 0 aliphatic carbocycles. The van der Waals surface area contributed by atoms with Gasteiger partial charge in [0, 0.05) is 24.0 Å². The van der Waals surface area contributed by atoms with Crippen LogP contribution in [0.1, 0.15) is 58.6 Å². The molecule has 1 unspecified atom stereocenters. The zero-order valence-electron chi connectivity index (χ0n) is 23.0. The van der Waals surface area contributed by atoms with Gasteiger partial charge in [0.15, 0.2) is 0 Å². The Hall–Kier alpha value is -3.10. The van der Waals surface area contributed by atoms with E-state index < -0.39 is 29.4 Å². The molecule has 0 radical (unpaired) electrons. The Morgan fingerprint density at radius 2 is 1.57 bits per heavy atom. The molecule has 8 nitrogen and oxygen atoms in total. The molecule has 0 fully saturated rings. The fourth-order valence-electron chi connectivity index (χ4n) is 4.00. The predicted molar refractivity (Wildman–Crippen MR) is 146 cm³/mol. The molecule has 0 spiro atoms. The molecule has 1 atom stereocenters. The maximum absolute atomic E-state index is 13.3. The van der Waals surface area contributed by atoms with E-state index in [0.717, 1.165) is 0 Å². The third-order valence-electron chi connectivity index (χ3n) is 5.22. The van der Waals surface area contributed by atoms with Crippen LogP contribution < -0.4 is 5.32 Å². The van der Waals surface area contributed by atoms with Crippen LogP contribution in [0.15, 0.2) is 52.9 Å². The summed E-state index contributed by atoms with van der Waals surface area (Å²) >= 11 is 0. The molecule has 1 aliphatic heterocycles. The van der Waals surface area contributed by atoms with E-state index in [0.29, 0.717) is 40.2 Å². The van der Waals surface area contributed by atoms with Crippen LogP contribution in [0, 0.1) is 0 Å². The van der Waals surface area contributed by atoms with Crippen LogP contribution in [0.5, 0.6) is 0 Å². The minimum Gasteiger partial charge on any atom is -0.463 e. The first-order valence-electron chi connectivity index (χ1n) is 12.1. The maximum Gasteiger partial charge on any atom is 0.336 e. The van der Waals surface area contributed by atoms with Gasteiger partial charge < -0.3 is 24.4 Å². The molecule has 0 aromatic heterocycles. The summed E-state index contributed by atoms with van der Waals surface area (Å²) in [5.74, 6) is -2.30. The first kappa shape index (κ1) is 31.9. The van der Waals surface area contributed by atoms with Crippen molar-refractivity contribution in [3.8, 4) is 0 Å². The molecule has 0 saturated carbocycles. The lowest BCUT2D eigenvalue weighted by molar-refractivity contribution is -0.148. The Balaban J connectivity index is 0.00000684. The highest BCUT2D eigenvalue weighted by Crippen LogP contribution is 2.41. The summed E-state index contributed by atoms with van der Waals surface area (Å²) in [4.78, 5) is 40.8. The van der Waals surface area contributed by atoms with Crippen LogP contribution in [-0.4, -0.2) is 62.3 Å². The fraction of sp³-hybridized carbons (Fsp3) is 0.464. The summed E-state index contributed by atoms with van der Waals surface area (Å²) in [6.45, 7) is 11.4. The Bertz CT molecular complexity index is 1080. The number of nitrogens with zero attached hydrogens (tertiary/aromatic N) is 1. The number of dihydropyridines is 1. The van der Waals surface area contributed by atoms with Gasteiger partial charge in [-0.3, -0.25) is 0 Å². The van der Waals surface area contributed by atoms with E-state index in [-0.39, 0.29) is 25.6 Å². The topological polar surface area (TPSA) is 94.2 Å². The number of esters is 3. The summed E-state index contributed by atoms with van der Waals surface area (Å²) in [5.41, 5.74) is 2.58. The molecule has 204 valence electrons. The van der Waals surface area contributed by atoms with Gasteiger partial charge in [0.1, 0.15) is 5.60 Å². The number of nitrogens with one attached hydrogen (secondary N) is 1. The lowest BCUT2D eigenvalue weighted by Gasteiger charge is -2.33. The molecule has 1 N–H and O–H groups in total. The predicted octanol–water partition coefficient (Wildman–Crippen LogP) is 4.37. The van der Waals surface area contributed by atoms with Crippen LogP contribution in [0.25, 0.3) is 6.08 Å². The highest BCUT2D eigenvalue weighted by Gasteiger charge is 2.39. The van der Waals surface area contributed by atoms with Crippen LogP contribution in [0.2, 0.25) is 0 Å². The number of ether oxygens (including phenoxy) is 3. The average Bonchev–Trinajstić information content (AvgIpc) is 2.76. The largest absolute Gasteiger partial charge is 0.463 e. The molecule has 0 bridgehead atoms. The third kappa shape index (κ3) is 8.76. The second kappa shape index (κ2) is 14.0. The van der Waals surface area contributed by atoms with E-state index >= 15 is 0 Å². The smallest absolute Gasteiger partial charge is 0.336 e. The Labute approximate surface area is 226 Å². The SMILES string of the molecule is CCOC(=O)C1=C(C)NC(CN(C)C)=C(C(=O)OCC)C1c1ccccc1C=CC(=O)OC(C)(C)C.Cl. The maximum atomic E-state index is 13.3. The highest BCUT2D eigenvalue weighted by atomic mass is 35.5. The summed E-state index contributed by atoms with van der Waals surface area (Å²) < 4.78 is 16.2. The van der Waals surface area contributed by atoms with Crippen molar-refractivity contribution in [2.75, 3.05) is 33.9 Å². The van der Waals surface area contributed by atoms with Crippen molar-refractivity contribution in [2.45, 2.75) is 53.1 Å². The van der Waals surface area contributed by atoms with E-state index in [1.54, 1.807) is 47.6 Å². The summed E-state index contributed by atoms with van der Waals surface area (Å²) in [7, 11) is 3.79. The van der Waals surface area contributed by atoms with Gasteiger partial charge in [0.05, 0.1) is 30.3 Å². The number of rotatable bonds is 9. The number of benzene rings is 1. The number of halogens is 1. The Morgan fingerprint density at radius 3 is 2.11 bits per heavy atom. The number of hydrogen-bond acceptors (Lipinski definition) is 8. The van der Waals surface area contributed by atoms with Crippen LogP contribution in [0.4, 0.5) is 0 Å². The molecule has 9 heteroatoms. The number of allylic oxidation sites excluding steroid dienone is 1. The summed E-state index contributed by atoms with van der Waals surface area (Å²) in [6, 6.07) is 7.32. The van der Waals surface area contributed by atoms with Gasteiger partial charge in [-0.2, -0.15) is 0 Å². The molecule has 1 aromatic carbocycles. The standard InChI is InChI=1S/C28H38N2O6.ClH/c1-9-34-26(32)23-18(3)29-21(17-30(7)8)25(27(33)35-10-2)24(23)20-14-12-11-13-19(20)15-16-22(31)36-28(4,5)6;/h11-16,24,29H,9-10,17H2,1-8H3;1H. The first-order valence-corrected chi connectivity index (χ1v) is 12.1. The lowest BCUT2D eigenvalue weighted by atomic mass is 9.78. The van der Waals surface area contributed by atoms with Gasteiger partial charge in [-0.25, -0.2) is 14.4 Å². The zero-order valence-corrected chi connectivity index (χ0v) is 23.8. The van der Waals surface area contributed by atoms with Crippen molar-refractivity contribution in [1.29, 1.82) is 0 Å². The van der Waals surface area contributed by atoms with Gasteiger partial charge in [-0.15, -0.1) is 12.4 Å². The summed E-state index contributed by atoms with van der Waals surface area (Å²) in [6.07, 6.45) is 2.98. The molecule has 1 heterocycles. The van der Waals surface area contributed by atoms with Crippen LogP contribution in [0.3, 0.4) is 0 Å². The van der Waals surface area contributed by atoms with Crippen molar-refractivity contribution in [3.63, 3.8) is 0 Å². The molecule has 0 saturated heterocycles. The molecule has 2 rings (SSSR count). The minimum atomic E-state index is -0.765. The lowest BCUT2D eigenvalue weighted by Crippen LogP contribution is -2.37. The van der Waals surface area contributed by atoms with Gasteiger partial charge in [0.25, 0.3) is 0 Å². The molecule has 0 amide bonds. The highest BCUT2D eigenvalue weighted by molar-refractivity contribution is 6.00. The van der Waals surface area contributed by atoms with Crippen molar-refractivity contribution in [3.05, 3.63) is 64.0 Å². The van der Waals surface area contributed by atoms with Crippen molar-refractivity contribution >= 4 is 36.4 Å². The number of likely N-dealkylation sites (N-methyl/N-ethyl adjacent to an activating group) is 1. The van der Waals surface area contributed by atoms with E-state index in [2.05, 4.69) is 5.32 Å². The minimum absolute atomic E-state index is 0. The van der Waals surface area contributed by atoms with E-state index in [1.807, 2.05) is 43.3 Å². The van der Waals surface area contributed by atoms with Gasteiger partial charge in [0.2, 0.25) is 0 Å². The summed E-state index contributed by atoms with van der Waals surface area (Å²) in [5, 5.41) is 3.25. The van der Waals surface area contributed by atoms with Gasteiger partial charge in [-0.05, 0) is 72.8 Å². The number of hydrogen-bond donors (Lipinski definition) is 1. The Kier molecular flexibility index (Phi) is 12.1. The molecular weight excluding hydrogens is 496 g/mol. The van der Waals surface area contributed by atoms with E-state index in [9.17, 15) is 14.4 Å². The second-order valence-electron chi connectivity index (χ2n) is 9.66. The normalized spacial score (nSPS) is 15.9. The molecule has 1 aromatic rings.